The third-order valence-corrected chi connectivity index (χ3v) is 7.59. The van der Waals surface area contributed by atoms with Gasteiger partial charge < -0.3 is 20.1 Å². The number of ether oxygens (including phenoxy) is 1. The number of hydrogen-bond donors (Lipinski definition) is 3. The molecule has 0 spiro atoms. The van der Waals surface area contributed by atoms with Gasteiger partial charge in [-0.05, 0) is 47.9 Å². The van der Waals surface area contributed by atoms with Crippen LogP contribution >= 0.6 is 0 Å². The van der Waals surface area contributed by atoms with Gasteiger partial charge >= 0.3 is 12.1 Å². The molecule has 3 aromatic heterocycles. The van der Waals surface area contributed by atoms with Crippen LogP contribution in [0.25, 0.3) is 16.9 Å². The van der Waals surface area contributed by atoms with E-state index in [1.807, 2.05) is 52.2 Å². The first-order valence-corrected chi connectivity index (χ1v) is 14.6. The summed E-state index contributed by atoms with van der Waals surface area (Å²) < 4.78 is 24.3. The Balaban J connectivity index is 1.18. The number of hydrogen-bond acceptors (Lipinski definition) is 6. The molecule has 5 aromatic rings. The zero-order chi connectivity index (χ0) is 32.6. The lowest BCUT2D eigenvalue weighted by Crippen LogP contribution is -2.34. The van der Waals surface area contributed by atoms with E-state index >= 15 is 4.39 Å². The number of nitrogens with zero attached hydrogens (tertiary/aromatic N) is 6. The lowest BCUT2D eigenvalue weighted by molar-refractivity contribution is 0.140. The van der Waals surface area contributed by atoms with Crippen molar-refractivity contribution in [3.05, 3.63) is 95.8 Å². The third-order valence-electron chi connectivity index (χ3n) is 7.59. The number of amides is 3. The lowest BCUT2D eigenvalue weighted by Gasteiger charge is -2.26. The lowest BCUT2D eigenvalue weighted by atomic mass is 9.92. The first kappa shape index (κ1) is 30.3. The van der Waals surface area contributed by atoms with E-state index in [0.29, 0.717) is 42.5 Å². The first-order chi connectivity index (χ1) is 21.9. The fourth-order valence-corrected chi connectivity index (χ4v) is 5.12. The fraction of sp³-hybridized carbons (Fsp3) is 0.242. The molecule has 46 heavy (non-hydrogen) atoms. The number of carbonyl (C=O) groups excluding carboxylic acids is 1. The number of fused-ring (bicyclic) bond motifs is 1. The summed E-state index contributed by atoms with van der Waals surface area (Å²) in [5, 5.41) is 23.7. The minimum atomic E-state index is -0.947. The van der Waals surface area contributed by atoms with Crippen LogP contribution in [-0.4, -0.2) is 53.2 Å². The molecule has 12 nitrogen and oxygen atoms in total. The van der Waals surface area contributed by atoms with Crippen molar-refractivity contribution in [1.29, 1.82) is 0 Å². The predicted octanol–water partition coefficient (Wildman–Crippen LogP) is 6.58. The number of nitrogens with one attached hydrogen (secondary N) is 2. The number of rotatable bonds is 6. The van der Waals surface area contributed by atoms with Gasteiger partial charge in [-0.1, -0.05) is 26.8 Å². The number of aromatic nitrogens is 5. The molecule has 4 heterocycles. The summed E-state index contributed by atoms with van der Waals surface area (Å²) in [6.45, 7) is 6.76. The molecule has 0 radical (unpaired) electrons. The number of urea groups is 1. The van der Waals surface area contributed by atoms with E-state index in [1.54, 1.807) is 46.0 Å². The Hall–Kier alpha value is -5.72. The van der Waals surface area contributed by atoms with Crippen LogP contribution in [0.2, 0.25) is 0 Å². The molecule has 0 bridgehead atoms. The minimum Gasteiger partial charge on any atom is -0.465 e. The van der Waals surface area contributed by atoms with Crippen LogP contribution in [0.3, 0.4) is 0 Å². The summed E-state index contributed by atoms with van der Waals surface area (Å²) in [6, 6.07) is 14.4. The summed E-state index contributed by atoms with van der Waals surface area (Å²) >= 11 is 0. The second-order valence-corrected chi connectivity index (χ2v) is 12.1. The van der Waals surface area contributed by atoms with Crippen molar-refractivity contribution in [2.24, 2.45) is 7.05 Å². The molecular weight excluding hydrogens is 591 g/mol. The van der Waals surface area contributed by atoms with E-state index in [-0.39, 0.29) is 16.9 Å². The Kier molecular flexibility index (Phi) is 7.90. The molecule has 6 rings (SSSR count). The van der Waals surface area contributed by atoms with E-state index in [4.69, 9.17) is 9.84 Å². The molecule has 3 amide bonds. The fourth-order valence-electron chi connectivity index (χ4n) is 5.12. The van der Waals surface area contributed by atoms with Gasteiger partial charge in [-0.3, -0.25) is 15.0 Å². The number of carbonyl (C=O) groups is 2. The number of carboxylic acid groups (broad SMARTS) is 1. The van der Waals surface area contributed by atoms with Crippen molar-refractivity contribution in [3.8, 4) is 28.4 Å². The van der Waals surface area contributed by atoms with Crippen molar-refractivity contribution in [2.45, 2.75) is 39.2 Å². The Morgan fingerprint density at radius 1 is 1.00 bits per heavy atom. The molecule has 2 aromatic carbocycles. The van der Waals surface area contributed by atoms with Crippen LogP contribution in [0.15, 0.2) is 73.2 Å². The SMILES string of the molecule is Cn1cc(-c2cc(Oc3ccc(NC(=O)Nc4cc(C(C)(C)C)nn4-c4ccc5c(c4)CCN(C(=O)O)C5)c(F)c3)ccn2)cn1. The molecule has 0 saturated carbocycles. The largest absolute Gasteiger partial charge is 0.465 e. The molecule has 0 fully saturated rings. The molecule has 0 atom stereocenters. The summed E-state index contributed by atoms with van der Waals surface area (Å²) in [6.07, 6.45) is 4.74. The van der Waals surface area contributed by atoms with E-state index in [1.165, 1.54) is 17.0 Å². The third kappa shape index (κ3) is 6.53. The predicted molar refractivity (Wildman–Crippen MR) is 170 cm³/mol. The topological polar surface area (TPSA) is 139 Å². The van der Waals surface area contributed by atoms with Crippen LogP contribution in [0.4, 0.5) is 25.5 Å². The highest BCUT2D eigenvalue weighted by Gasteiger charge is 2.24. The van der Waals surface area contributed by atoms with Gasteiger partial charge in [0.15, 0.2) is 0 Å². The van der Waals surface area contributed by atoms with Gasteiger partial charge in [-0.25, -0.2) is 18.7 Å². The molecule has 0 saturated heterocycles. The van der Waals surface area contributed by atoms with Gasteiger partial charge in [0, 0.05) is 61.7 Å². The van der Waals surface area contributed by atoms with Gasteiger partial charge in [0.25, 0.3) is 0 Å². The van der Waals surface area contributed by atoms with Crippen LogP contribution < -0.4 is 15.4 Å². The van der Waals surface area contributed by atoms with Crippen molar-refractivity contribution in [1.82, 2.24) is 29.4 Å². The minimum absolute atomic E-state index is 0.0329. The van der Waals surface area contributed by atoms with Crippen molar-refractivity contribution in [3.63, 3.8) is 0 Å². The van der Waals surface area contributed by atoms with Gasteiger partial charge in [-0.15, -0.1) is 0 Å². The van der Waals surface area contributed by atoms with Crippen molar-refractivity contribution >= 4 is 23.6 Å². The molecule has 3 N–H and O–H groups in total. The Labute approximate surface area is 264 Å². The molecular formula is C33H33FN8O4. The molecule has 1 aliphatic heterocycles. The maximum atomic E-state index is 15.1. The van der Waals surface area contributed by atoms with E-state index in [9.17, 15) is 14.7 Å². The van der Waals surface area contributed by atoms with Gasteiger partial charge in [0.05, 0.1) is 29.0 Å². The highest BCUT2D eigenvalue weighted by atomic mass is 19.1. The normalized spacial score (nSPS) is 12.8. The van der Waals surface area contributed by atoms with Crippen molar-refractivity contribution in [2.75, 3.05) is 17.2 Å². The number of halogens is 1. The highest BCUT2D eigenvalue weighted by molar-refractivity contribution is 5.99. The molecule has 0 unspecified atom stereocenters. The second kappa shape index (κ2) is 12.0. The van der Waals surface area contributed by atoms with E-state index in [2.05, 4.69) is 20.7 Å². The van der Waals surface area contributed by atoms with Gasteiger partial charge in [-0.2, -0.15) is 10.2 Å². The van der Waals surface area contributed by atoms with E-state index < -0.39 is 17.9 Å². The molecule has 0 aliphatic carbocycles. The number of benzene rings is 2. The van der Waals surface area contributed by atoms with Crippen LogP contribution in [0.1, 0.15) is 37.6 Å². The average molecular weight is 625 g/mol. The first-order valence-electron chi connectivity index (χ1n) is 14.6. The molecule has 236 valence electrons. The maximum absolute atomic E-state index is 15.1. The van der Waals surface area contributed by atoms with Gasteiger partial charge in [0.2, 0.25) is 0 Å². The number of aryl methyl sites for hydroxylation is 1. The zero-order valence-corrected chi connectivity index (χ0v) is 25.8. The van der Waals surface area contributed by atoms with Crippen LogP contribution in [0, 0.1) is 5.82 Å². The van der Waals surface area contributed by atoms with Gasteiger partial charge in [0.1, 0.15) is 23.1 Å². The van der Waals surface area contributed by atoms with Crippen LogP contribution in [-0.2, 0) is 25.4 Å². The maximum Gasteiger partial charge on any atom is 0.407 e. The Bertz CT molecular complexity index is 1940. The monoisotopic (exact) mass is 624 g/mol. The number of anilines is 2. The Morgan fingerprint density at radius 3 is 2.52 bits per heavy atom. The average Bonchev–Trinajstić information content (AvgIpc) is 3.65. The zero-order valence-electron chi connectivity index (χ0n) is 25.8. The smallest absolute Gasteiger partial charge is 0.407 e. The second-order valence-electron chi connectivity index (χ2n) is 12.1. The summed E-state index contributed by atoms with van der Waals surface area (Å²) in [4.78, 5) is 30.3. The molecule has 13 heteroatoms. The van der Waals surface area contributed by atoms with E-state index in [0.717, 1.165) is 22.4 Å². The van der Waals surface area contributed by atoms with Crippen LogP contribution in [0.5, 0.6) is 11.5 Å². The quantitative estimate of drug-likeness (QED) is 0.194. The summed E-state index contributed by atoms with van der Waals surface area (Å²) in [5.41, 5.74) is 4.53. The van der Waals surface area contributed by atoms with Crippen molar-refractivity contribution < 1.29 is 23.8 Å². The highest BCUT2D eigenvalue weighted by Crippen LogP contribution is 2.30. The summed E-state index contributed by atoms with van der Waals surface area (Å²) in [5.74, 6) is 0.436. The number of pyridine rings is 1. The summed E-state index contributed by atoms with van der Waals surface area (Å²) in [7, 11) is 1.81. The Morgan fingerprint density at radius 2 is 1.80 bits per heavy atom. The molecule has 1 aliphatic rings. The standard InChI is InChI=1S/C33H33FN8O4/c1-33(2,3)29-16-30(42(39-29)23-6-5-21-19-41(32(44)45)12-10-20(21)13-23)38-31(43)37-27-8-7-24(14-26(27)34)46-25-9-11-35-28(15-25)22-17-36-40(4)18-22/h5-9,11,13-18H,10,12,19H2,1-4H3,(H,44,45)(H2,37,38,43).